The zero-order chi connectivity index (χ0) is 10.3. The lowest BCUT2D eigenvalue weighted by Gasteiger charge is -2.05. The fourth-order valence-corrected chi connectivity index (χ4v) is 2.11. The van der Waals surface area contributed by atoms with E-state index in [2.05, 4.69) is 48.3 Å². The van der Waals surface area contributed by atoms with E-state index in [1.807, 2.05) is 12.3 Å². The summed E-state index contributed by atoms with van der Waals surface area (Å²) in [5.41, 5.74) is 2.35. The van der Waals surface area contributed by atoms with Gasteiger partial charge in [0.25, 0.3) is 0 Å². The highest BCUT2D eigenvalue weighted by Crippen LogP contribution is 2.26. The molecule has 72 valence electrons. The molecule has 0 aliphatic rings. The van der Waals surface area contributed by atoms with Crippen LogP contribution in [0.3, 0.4) is 0 Å². The zero-order valence-electron chi connectivity index (χ0n) is 8.57. The van der Waals surface area contributed by atoms with Crippen LogP contribution in [0.25, 0.3) is 21.7 Å². The summed E-state index contributed by atoms with van der Waals surface area (Å²) in [5, 5.41) is 3.81. The highest BCUT2D eigenvalue weighted by Gasteiger charge is 2.02. The summed E-state index contributed by atoms with van der Waals surface area (Å²) in [5.74, 6) is 0. The maximum absolute atomic E-state index is 4.43. The van der Waals surface area contributed by atoms with Crippen LogP contribution in [0.2, 0.25) is 0 Å². The third-order valence-electron chi connectivity index (χ3n) is 2.80. The molecule has 0 fully saturated rings. The van der Waals surface area contributed by atoms with Crippen LogP contribution in [-0.4, -0.2) is 4.98 Å². The minimum absolute atomic E-state index is 1.11. The van der Waals surface area contributed by atoms with E-state index in [1.54, 1.807) is 0 Å². The van der Waals surface area contributed by atoms with Crippen LogP contribution in [0.5, 0.6) is 0 Å². The lowest BCUT2D eigenvalue weighted by atomic mass is 10.0. The van der Waals surface area contributed by atoms with Crippen molar-refractivity contribution < 1.29 is 0 Å². The molecular weight excluding hydrogens is 182 g/mol. The lowest BCUT2D eigenvalue weighted by molar-refractivity contribution is 1.38. The van der Waals surface area contributed by atoms with Crippen molar-refractivity contribution in [1.82, 2.24) is 4.98 Å². The van der Waals surface area contributed by atoms with Gasteiger partial charge < -0.3 is 0 Å². The standard InChI is InChI=1S/C14H11N/c1-10-9-11-5-2-3-6-12(11)13-7-4-8-15-14(10)13/h2-9H,1H3. The Kier molecular flexibility index (Phi) is 1.72. The molecular formula is C14H11N. The van der Waals surface area contributed by atoms with Gasteiger partial charge in [-0.1, -0.05) is 30.3 Å². The molecule has 1 nitrogen and oxygen atoms in total. The minimum atomic E-state index is 1.11. The van der Waals surface area contributed by atoms with Gasteiger partial charge in [-0.15, -0.1) is 0 Å². The maximum atomic E-state index is 4.43. The van der Waals surface area contributed by atoms with Crippen LogP contribution >= 0.6 is 0 Å². The highest BCUT2D eigenvalue weighted by atomic mass is 14.6. The van der Waals surface area contributed by atoms with Gasteiger partial charge in [-0.2, -0.15) is 0 Å². The third kappa shape index (κ3) is 1.20. The molecule has 0 aliphatic carbocycles. The summed E-state index contributed by atoms with van der Waals surface area (Å²) < 4.78 is 0. The fraction of sp³-hybridized carbons (Fsp3) is 0.0714. The van der Waals surface area contributed by atoms with Crippen LogP contribution in [-0.2, 0) is 0 Å². The number of pyridine rings is 1. The Morgan fingerprint density at radius 3 is 2.67 bits per heavy atom. The van der Waals surface area contributed by atoms with E-state index in [0.717, 1.165) is 5.52 Å². The van der Waals surface area contributed by atoms with Crippen molar-refractivity contribution in [1.29, 1.82) is 0 Å². The number of hydrogen-bond acceptors (Lipinski definition) is 1. The summed E-state index contributed by atoms with van der Waals surface area (Å²) in [7, 11) is 0. The summed E-state index contributed by atoms with van der Waals surface area (Å²) >= 11 is 0. The quantitative estimate of drug-likeness (QED) is 0.496. The summed E-state index contributed by atoms with van der Waals surface area (Å²) in [6, 6.07) is 14.8. The van der Waals surface area contributed by atoms with Crippen LogP contribution in [0, 0.1) is 6.92 Å². The van der Waals surface area contributed by atoms with Crippen molar-refractivity contribution >= 4 is 21.7 Å². The number of benzene rings is 2. The van der Waals surface area contributed by atoms with Gasteiger partial charge in [0, 0.05) is 11.6 Å². The molecule has 2 aromatic carbocycles. The SMILES string of the molecule is Cc1cc2ccccc2c2cccnc12. The van der Waals surface area contributed by atoms with Gasteiger partial charge in [0.1, 0.15) is 0 Å². The normalized spacial score (nSPS) is 11.0. The summed E-state index contributed by atoms with van der Waals surface area (Å²) in [6.07, 6.45) is 1.85. The molecule has 0 saturated carbocycles. The van der Waals surface area contributed by atoms with Gasteiger partial charge in [-0.3, -0.25) is 4.98 Å². The molecule has 0 atom stereocenters. The number of rotatable bonds is 0. The Morgan fingerprint density at radius 2 is 1.73 bits per heavy atom. The van der Waals surface area contributed by atoms with Gasteiger partial charge >= 0.3 is 0 Å². The van der Waals surface area contributed by atoms with Gasteiger partial charge in [-0.05, 0) is 35.4 Å². The topological polar surface area (TPSA) is 12.9 Å². The molecule has 0 aliphatic heterocycles. The first-order chi connectivity index (χ1) is 7.36. The van der Waals surface area contributed by atoms with E-state index in [-0.39, 0.29) is 0 Å². The largest absolute Gasteiger partial charge is 0.256 e. The molecule has 1 aromatic heterocycles. The van der Waals surface area contributed by atoms with Crippen molar-refractivity contribution in [3.63, 3.8) is 0 Å². The second-order valence-electron chi connectivity index (χ2n) is 3.81. The number of aromatic nitrogens is 1. The van der Waals surface area contributed by atoms with Crippen LogP contribution in [0.15, 0.2) is 48.7 Å². The third-order valence-corrected chi connectivity index (χ3v) is 2.80. The summed E-state index contributed by atoms with van der Waals surface area (Å²) in [6.45, 7) is 2.11. The Hall–Kier alpha value is -1.89. The molecule has 0 saturated heterocycles. The van der Waals surface area contributed by atoms with E-state index < -0.39 is 0 Å². The minimum Gasteiger partial charge on any atom is -0.256 e. The van der Waals surface area contributed by atoms with E-state index in [0.29, 0.717) is 0 Å². The number of hydrogen-bond donors (Lipinski definition) is 0. The van der Waals surface area contributed by atoms with Gasteiger partial charge in [0.05, 0.1) is 5.52 Å². The molecule has 0 bridgehead atoms. The molecule has 15 heavy (non-hydrogen) atoms. The van der Waals surface area contributed by atoms with E-state index in [9.17, 15) is 0 Å². The highest BCUT2D eigenvalue weighted by molar-refractivity contribution is 6.07. The van der Waals surface area contributed by atoms with E-state index in [4.69, 9.17) is 0 Å². The Morgan fingerprint density at radius 1 is 0.933 bits per heavy atom. The van der Waals surface area contributed by atoms with E-state index >= 15 is 0 Å². The first-order valence-corrected chi connectivity index (χ1v) is 5.09. The first-order valence-electron chi connectivity index (χ1n) is 5.09. The van der Waals surface area contributed by atoms with Gasteiger partial charge in [0.2, 0.25) is 0 Å². The molecule has 0 radical (unpaired) electrons. The monoisotopic (exact) mass is 193 g/mol. The Labute approximate surface area is 88.4 Å². The van der Waals surface area contributed by atoms with Crippen LogP contribution < -0.4 is 0 Å². The average Bonchev–Trinajstić information content (AvgIpc) is 2.30. The number of nitrogens with zero attached hydrogens (tertiary/aromatic N) is 1. The van der Waals surface area contributed by atoms with Crippen LogP contribution in [0.4, 0.5) is 0 Å². The smallest absolute Gasteiger partial charge is 0.0737 e. The molecule has 1 heteroatoms. The van der Waals surface area contributed by atoms with Gasteiger partial charge in [-0.25, -0.2) is 0 Å². The Balaban J connectivity index is 2.64. The first kappa shape index (κ1) is 8.42. The van der Waals surface area contributed by atoms with E-state index in [1.165, 1.54) is 21.7 Å². The fourth-order valence-electron chi connectivity index (χ4n) is 2.11. The molecule has 0 spiro atoms. The molecule has 3 aromatic rings. The predicted molar refractivity (Wildman–Crippen MR) is 64.0 cm³/mol. The van der Waals surface area contributed by atoms with Crippen molar-refractivity contribution in [2.45, 2.75) is 6.92 Å². The summed E-state index contributed by atoms with van der Waals surface area (Å²) in [4.78, 5) is 4.43. The van der Waals surface area contributed by atoms with Crippen molar-refractivity contribution in [2.75, 3.05) is 0 Å². The maximum Gasteiger partial charge on any atom is 0.0737 e. The second-order valence-corrected chi connectivity index (χ2v) is 3.81. The second kappa shape index (κ2) is 3.06. The molecule has 0 N–H and O–H groups in total. The number of aryl methyl sites for hydroxylation is 1. The predicted octanol–water partition coefficient (Wildman–Crippen LogP) is 3.70. The molecule has 3 rings (SSSR count). The van der Waals surface area contributed by atoms with Crippen LogP contribution in [0.1, 0.15) is 5.56 Å². The zero-order valence-corrected chi connectivity index (χ0v) is 8.57. The van der Waals surface area contributed by atoms with Gasteiger partial charge in [0.15, 0.2) is 0 Å². The van der Waals surface area contributed by atoms with Crippen molar-refractivity contribution in [3.8, 4) is 0 Å². The van der Waals surface area contributed by atoms with Crippen molar-refractivity contribution in [2.24, 2.45) is 0 Å². The average molecular weight is 193 g/mol. The molecule has 0 amide bonds. The number of fused-ring (bicyclic) bond motifs is 3. The lowest BCUT2D eigenvalue weighted by Crippen LogP contribution is -1.84. The molecule has 1 heterocycles. The Bertz CT molecular complexity index is 641. The molecule has 0 unspecified atom stereocenters. The van der Waals surface area contributed by atoms with Crippen molar-refractivity contribution in [3.05, 3.63) is 54.2 Å².